The molecule has 0 aromatic heterocycles. The van der Waals surface area contributed by atoms with E-state index in [1.807, 2.05) is 61.5 Å². The van der Waals surface area contributed by atoms with Crippen LogP contribution in [-0.4, -0.2) is 91.9 Å². The summed E-state index contributed by atoms with van der Waals surface area (Å²) >= 11 is 4.78. The largest absolute Gasteiger partial charge is 1.00 e. The molecule has 2 heterocycles. The third kappa shape index (κ3) is 13.2. The number of aliphatic imine (C=N–C) groups is 1. The second-order valence-electron chi connectivity index (χ2n) is 17.3. The topological polar surface area (TPSA) is 245 Å². The van der Waals surface area contributed by atoms with Crippen LogP contribution in [0.1, 0.15) is 83.8 Å². The van der Waals surface area contributed by atoms with Crippen LogP contribution in [0.15, 0.2) is 122 Å². The number of nitrogens with zero attached hydrogens (tertiary/aromatic N) is 3. The Labute approximate surface area is 420 Å². The second-order valence-corrected chi connectivity index (χ2v) is 23.5. The van der Waals surface area contributed by atoms with E-state index >= 15 is 0 Å². The van der Waals surface area contributed by atoms with E-state index in [-0.39, 0.29) is 52.2 Å². The van der Waals surface area contributed by atoms with E-state index in [0.717, 1.165) is 22.6 Å². The summed E-state index contributed by atoms with van der Waals surface area (Å²) in [6.07, 6.45) is 10.7. The Morgan fingerprint density at radius 2 is 1.34 bits per heavy atom. The Hall–Kier alpha value is -3.67. The first kappa shape index (κ1) is 54.3. The first-order valence-corrected chi connectivity index (χ1v) is 27.5. The molecule has 0 spiro atoms. The van der Waals surface area contributed by atoms with Gasteiger partial charge in [0.2, 0.25) is 5.69 Å². The summed E-state index contributed by atoms with van der Waals surface area (Å²) in [6.45, 7) is 8.32. The van der Waals surface area contributed by atoms with Crippen molar-refractivity contribution >= 4 is 80.6 Å². The van der Waals surface area contributed by atoms with Gasteiger partial charge in [0.25, 0.3) is 40.5 Å². The van der Waals surface area contributed by atoms with Gasteiger partial charge in [-0.05, 0) is 148 Å². The molecule has 4 N–H and O–H groups in total. The van der Waals surface area contributed by atoms with E-state index in [2.05, 4.69) is 10.2 Å². The fourth-order valence-electron chi connectivity index (χ4n) is 8.69. The van der Waals surface area contributed by atoms with Gasteiger partial charge < -0.3 is 9.64 Å². The molecule has 0 atom stereocenters. The SMILES string of the molecule is CC1(C)C(/C=C/C2=C(Oc3ccc(N=C=S)cc3)C(=C/C=C3/N(CCCCS(=O)(=O)O)c4ccc(S(=O)(=O)O)cc4C3(C)C)/CCC2)=[N+](CCCCS(=O)(=O)O)c2ccc(S(=O)(=O)O)cc21.[Na+]. The van der Waals surface area contributed by atoms with Crippen LogP contribution in [0.5, 0.6) is 5.75 Å². The van der Waals surface area contributed by atoms with Crippen molar-refractivity contribution in [3.05, 3.63) is 119 Å². The zero-order valence-electron chi connectivity index (χ0n) is 37.7. The molecule has 0 saturated carbocycles. The second kappa shape index (κ2) is 21.1. The smallest absolute Gasteiger partial charge is 0.457 e. The maximum Gasteiger partial charge on any atom is 1.00 e. The van der Waals surface area contributed by atoms with Crippen molar-refractivity contribution in [2.75, 3.05) is 29.5 Å². The number of thiocarbonyl (C=S) groups is 1. The van der Waals surface area contributed by atoms with Crippen LogP contribution in [-0.2, 0) is 51.3 Å². The summed E-state index contributed by atoms with van der Waals surface area (Å²) in [5.41, 5.74) is 4.67. The molecule has 3 aliphatic rings. The van der Waals surface area contributed by atoms with Gasteiger partial charge in [0.15, 0.2) is 5.71 Å². The van der Waals surface area contributed by atoms with Crippen molar-refractivity contribution in [1.82, 2.24) is 0 Å². The maximum atomic E-state index is 12.2. The van der Waals surface area contributed by atoms with Gasteiger partial charge in [-0.3, -0.25) is 18.2 Å². The number of unbranched alkanes of at least 4 members (excludes halogenated alkanes) is 2. The number of isothiocyanates is 1. The number of benzene rings is 3. The first-order chi connectivity index (χ1) is 30.7. The predicted octanol–water partition coefficient (Wildman–Crippen LogP) is 5.31. The Morgan fingerprint density at radius 3 is 1.94 bits per heavy atom. The molecule has 3 aromatic rings. The third-order valence-electron chi connectivity index (χ3n) is 12.0. The summed E-state index contributed by atoms with van der Waals surface area (Å²) in [5, 5.41) is 2.35. The van der Waals surface area contributed by atoms with Crippen LogP contribution < -0.4 is 39.2 Å². The molecule has 0 amide bonds. The quantitative estimate of drug-likeness (QED) is 0.0315. The van der Waals surface area contributed by atoms with Gasteiger partial charge >= 0.3 is 29.6 Å². The molecule has 0 fully saturated rings. The third-order valence-corrected chi connectivity index (χ3v) is 15.4. The summed E-state index contributed by atoms with van der Waals surface area (Å²) in [6, 6.07) is 15.6. The van der Waals surface area contributed by atoms with Crippen molar-refractivity contribution in [3.8, 4) is 5.75 Å². The van der Waals surface area contributed by atoms with E-state index in [4.69, 9.17) is 17.0 Å². The molecule has 0 unspecified atom stereocenters. The van der Waals surface area contributed by atoms with Crippen molar-refractivity contribution < 1.29 is 90.8 Å². The zero-order valence-corrected chi connectivity index (χ0v) is 43.8. The fourth-order valence-corrected chi connectivity index (χ4v) is 10.9. The molecular weight excluding hydrogens is 974 g/mol. The molecule has 16 nitrogen and oxygen atoms in total. The van der Waals surface area contributed by atoms with Gasteiger partial charge in [0, 0.05) is 47.5 Å². The minimum absolute atomic E-state index is 0. The molecule has 0 radical (unpaired) electrons. The van der Waals surface area contributed by atoms with Gasteiger partial charge in [-0.1, -0.05) is 19.9 Å². The van der Waals surface area contributed by atoms with Crippen LogP contribution in [0.4, 0.5) is 17.1 Å². The zero-order chi connectivity index (χ0) is 48.5. The Bertz CT molecular complexity index is 3100. The molecule has 0 bridgehead atoms. The van der Waals surface area contributed by atoms with Gasteiger partial charge in [-0.2, -0.15) is 43.2 Å². The number of allylic oxidation sites excluding steroid dienone is 7. The minimum atomic E-state index is -4.54. The van der Waals surface area contributed by atoms with Gasteiger partial charge in [-0.25, -0.2) is 0 Å². The fraction of sp³-hybridized carbons (Fsp3) is 0.378. The van der Waals surface area contributed by atoms with Crippen LogP contribution in [0, 0.1) is 0 Å². The van der Waals surface area contributed by atoms with Crippen molar-refractivity contribution in [2.24, 2.45) is 4.99 Å². The van der Waals surface area contributed by atoms with Gasteiger partial charge in [-0.15, -0.1) is 0 Å². The molecule has 67 heavy (non-hydrogen) atoms. The molecular formula is C45H52N3NaO13S5+2. The normalized spacial score (nSPS) is 18.3. The average Bonchev–Trinajstić information content (AvgIpc) is 3.56. The van der Waals surface area contributed by atoms with Crippen LogP contribution in [0.3, 0.4) is 0 Å². The predicted molar refractivity (Wildman–Crippen MR) is 255 cm³/mol. The summed E-state index contributed by atoms with van der Waals surface area (Å²) < 4.78 is 142. The van der Waals surface area contributed by atoms with E-state index < -0.39 is 62.8 Å². The molecule has 22 heteroatoms. The average molecular weight is 1030 g/mol. The Balaban J connectivity index is 0.00000840. The number of fused-ring (bicyclic) bond motifs is 2. The first-order valence-electron chi connectivity index (χ1n) is 21.0. The van der Waals surface area contributed by atoms with Crippen molar-refractivity contribution in [1.29, 1.82) is 0 Å². The van der Waals surface area contributed by atoms with E-state index in [1.165, 1.54) is 24.3 Å². The summed E-state index contributed by atoms with van der Waals surface area (Å²) in [7, 11) is -17.5. The molecule has 354 valence electrons. The Morgan fingerprint density at radius 1 is 0.746 bits per heavy atom. The number of anilines is 1. The maximum absolute atomic E-state index is 12.2. The molecule has 3 aromatic carbocycles. The van der Waals surface area contributed by atoms with Crippen molar-refractivity contribution in [2.45, 2.75) is 93.3 Å². The van der Waals surface area contributed by atoms with Gasteiger partial charge in [0.05, 0.1) is 37.6 Å². The number of hydrogen-bond donors (Lipinski definition) is 4. The van der Waals surface area contributed by atoms with E-state index in [0.29, 0.717) is 84.9 Å². The monoisotopic (exact) mass is 1030 g/mol. The standard InChI is InChI=1S/C45H51N3O13S5.Na/c1-44(2)37-28-35(65(55,56)57)18-20-39(37)47(24-5-7-26-63(49,50)51)41(44)22-12-31-10-9-11-32(43(31)61-34-16-14-33(15-17-34)46-30-62)13-23-42-45(3,4)38-29-36(66(58,59)60)19-21-40(38)48(42)25-6-8-27-64(52,53)54;/h12-23,28-29H,5-11,24-27H2,1-4H3,(H3-,49,50,51,52,53,54,55,56,57,58,59,60);/q;+1/p+1. The molecule has 0 saturated heterocycles. The minimum Gasteiger partial charge on any atom is -0.457 e. The number of rotatable bonds is 18. The summed E-state index contributed by atoms with van der Waals surface area (Å²) in [5.74, 6) is 0.181. The van der Waals surface area contributed by atoms with Crippen molar-refractivity contribution in [3.63, 3.8) is 0 Å². The van der Waals surface area contributed by atoms with E-state index in [1.54, 1.807) is 36.4 Å². The van der Waals surface area contributed by atoms with Gasteiger partial charge in [0.1, 0.15) is 18.1 Å². The molecule has 2 aliphatic heterocycles. The van der Waals surface area contributed by atoms with Crippen LogP contribution in [0.2, 0.25) is 0 Å². The molecule has 6 rings (SSSR count). The Kier molecular flexibility index (Phi) is 17.1. The number of hydrogen-bond acceptors (Lipinski definition) is 12. The number of ether oxygens (including phenoxy) is 1. The van der Waals surface area contributed by atoms with Crippen LogP contribution >= 0.6 is 12.2 Å². The van der Waals surface area contributed by atoms with E-state index in [9.17, 15) is 51.9 Å². The van der Waals surface area contributed by atoms with Crippen LogP contribution in [0.25, 0.3) is 0 Å². The summed E-state index contributed by atoms with van der Waals surface area (Å²) in [4.78, 5) is 5.47. The molecule has 1 aliphatic carbocycles.